The van der Waals surface area contributed by atoms with Crippen LogP contribution in [0.2, 0.25) is 0 Å². The number of nitrogens with one attached hydrogen (secondary N) is 1. The van der Waals surface area contributed by atoms with Gasteiger partial charge in [0, 0.05) is 6.04 Å². The highest BCUT2D eigenvalue weighted by Crippen LogP contribution is 2.13. The summed E-state index contributed by atoms with van der Waals surface area (Å²) in [6.07, 6.45) is 0. The number of hydrogen-bond donors (Lipinski definition) is 1. The molecule has 1 aromatic heterocycles. The van der Waals surface area contributed by atoms with Crippen LogP contribution >= 0.6 is 0 Å². The number of rotatable bonds is 6. The summed E-state index contributed by atoms with van der Waals surface area (Å²) in [7, 11) is -3.27. The third-order valence-corrected chi connectivity index (χ3v) is 5.20. The standard InChI is InChI=1S/C16H21NO3S/c1-12-4-8-16(9-5-12)21(18,19)11-13(2)17-10-15-7-6-14(3)20-15/h4-9,13,17H,10-11H2,1-3H3/t13-/m0/s1. The molecule has 21 heavy (non-hydrogen) atoms. The maximum atomic E-state index is 12.3. The van der Waals surface area contributed by atoms with Crippen LogP contribution in [0.3, 0.4) is 0 Å². The predicted octanol–water partition coefficient (Wildman–Crippen LogP) is 2.85. The van der Waals surface area contributed by atoms with Gasteiger partial charge in [0.25, 0.3) is 0 Å². The van der Waals surface area contributed by atoms with Gasteiger partial charge in [0.2, 0.25) is 0 Å². The van der Waals surface area contributed by atoms with E-state index in [9.17, 15) is 8.42 Å². The van der Waals surface area contributed by atoms with Crippen molar-refractivity contribution in [2.45, 2.75) is 38.3 Å². The topological polar surface area (TPSA) is 59.3 Å². The molecule has 0 aliphatic heterocycles. The van der Waals surface area contributed by atoms with Crippen molar-refractivity contribution in [1.82, 2.24) is 5.32 Å². The largest absolute Gasteiger partial charge is 0.465 e. The molecule has 0 aliphatic rings. The van der Waals surface area contributed by atoms with E-state index in [2.05, 4.69) is 5.32 Å². The third kappa shape index (κ3) is 4.44. The Morgan fingerprint density at radius 1 is 1.10 bits per heavy atom. The molecule has 1 aromatic carbocycles. The molecule has 5 heteroatoms. The first-order valence-corrected chi connectivity index (χ1v) is 8.60. The first kappa shape index (κ1) is 15.8. The molecule has 0 fully saturated rings. The zero-order valence-corrected chi connectivity index (χ0v) is 13.4. The summed E-state index contributed by atoms with van der Waals surface area (Å²) < 4.78 is 30.1. The van der Waals surface area contributed by atoms with Gasteiger partial charge in [0.1, 0.15) is 11.5 Å². The Morgan fingerprint density at radius 2 is 1.76 bits per heavy atom. The third-order valence-electron chi connectivity index (χ3n) is 3.27. The number of aryl methyl sites for hydroxylation is 2. The maximum Gasteiger partial charge on any atom is 0.179 e. The quantitative estimate of drug-likeness (QED) is 0.891. The normalized spacial score (nSPS) is 13.3. The lowest BCUT2D eigenvalue weighted by molar-refractivity contribution is 0.447. The summed E-state index contributed by atoms with van der Waals surface area (Å²) in [6.45, 7) is 6.21. The van der Waals surface area contributed by atoms with E-state index in [4.69, 9.17) is 4.42 Å². The second-order valence-electron chi connectivity index (χ2n) is 5.39. The molecule has 2 rings (SSSR count). The average molecular weight is 307 g/mol. The lowest BCUT2D eigenvalue weighted by atomic mass is 10.2. The van der Waals surface area contributed by atoms with Crippen molar-refractivity contribution in [3.8, 4) is 0 Å². The van der Waals surface area contributed by atoms with E-state index in [1.54, 1.807) is 12.1 Å². The molecule has 2 aromatic rings. The van der Waals surface area contributed by atoms with Crippen molar-refractivity contribution >= 4 is 9.84 Å². The summed E-state index contributed by atoms with van der Waals surface area (Å²) in [5.41, 5.74) is 1.05. The average Bonchev–Trinajstić information content (AvgIpc) is 2.82. The molecule has 0 saturated heterocycles. The van der Waals surface area contributed by atoms with E-state index in [0.717, 1.165) is 17.1 Å². The Bertz CT molecular complexity index is 687. The van der Waals surface area contributed by atoms with Gasteiger partial charge >= 0.3 is 0 Å². The first-order chi connectivity index (χ1) is 9.87. The van der Waals surface area contributed by atoms with E-state index in [1.165, 1.54) is 0 Å². The molecular formula is C16H21NO3S. The van der Waals surface area contributed by atoms with E-state index < -0.39 is 9.84 Å². The summed E-state index contributed by atoms with van der Waals surface area (Å²) in [4.78, 5) is 0.371. The second-order valence-corrected chi connectivity index (χ2v) is 7.42. The van der Waals surface area contributed by atoms with Crippen LogP contribution in [0.4, 0.5) is 0 Å². The van der Waals surface area contributed by atoms with Crippen molar-refractivity contribution < 1.29 is 12.8 Å². The predicted molar refractivity (Wildman–Crippen MR) is 83.0 cm³/mol. The molecule has 0 spiro atoms. The minimum atomic E-state index is -3.27. The van der Waals surface area contributed by atoms with Crippen LogP contribution in [0, 0.1) is 13.8 Å². The van der Waals surface area contributed by atoms with Gasteiger partial charge in [-0.05, 0) is 45.0 Å². The van der Waals surface area contributed by atoms with Crippen LogP contribution in [-0.4, -0.2) is 20.2 Å². The molecule has 0 bridgehead atoms. The molecule has 0 amide bonds. The number of benzene rings is 1. The number of hydrogen-bond acceptors (Lipinski definition) is 4. The van der Waals surface area contributed by atoms with E-state index in [1.807, 2.05) is 45.0 Å². The number of furan rings is 1. The van der Waals surface area contributed by atoms with Crippen molar-refractivity contribution in [2.24, 2.45) is 0 Å². The first-order valence-electron chi connectivity index (χ1n) is 6.95. The fraction of sp³-hybridized carbons (Fsp3) is 0.375. The SMILES string of the molecule is Cc1ccc(S(=O)(=O)C[C@H](C)NCc2ccc(C)o2)cc1. The fourth-order valence-corrected chi connectivity index (χ4v) is 3.60. The Hall–Kier alpha value is -1.59. The Labute approximate surface area is 126 Å². The maximum absolute atomic E-state index is 12.3. The lowest BCUT2D eigenvalue weighted by Crippen LogP contribution is -2.32. The summed E-state index contributed by atoms with van der Waals surface area (Å²) in [5, 5.41) is 3.18. The van der Waals surface area contributed by atoms with Gasteiger partial charge in [-0.2, -0.15) is 0 Å². The van der Waals surface area contributed by atoms with Crippen molar-refractivity contribution in [2.75, 3.05) is 5.75 Å². The van der Waals surface area contributed by atoms with Gasteiger partial charge in [-0.15, -0.1) is 0 Å². The molecular weight excluding hydrogens is 286 g/mol. The molecule has 1 atom stereocenters. The lowest BCUT2D eigenvalue weighted by Gasteiger charge is -2.13. The fourth-order valence-electron chi connectivity index (χ4n) is 2.08. The minimum absolute atomic E-state index is 0.0652. The van der Waals surface area contributed by atoms with Crippen molar-refractivity contribution in [1.29, 1.82) is 0 Å². The minimum Gasteiger partial charge on any atom is -0.465 e. The van der Waals surface area contributed by atoms with Gasteiger partial charge in [-0.1, -0.05) is 17.7 Å². The monoisotopic (exact) mass is 307 g/mol. The van der Waals surface area contributed by atoms with Gasteiger partial charge in [-0.3, -0.25) is 0 Å². The van der Waals surface area contributed by atoms with E-state index in [0.29, 0.717) is 11.4 Å². The van der Waals surface area contributed by atoms with Crippen LogP contribution in [0.15, 0.2) is 45.7 Å². The van der Waals surface area contributed by atoms with Crippen molar-refractivity contribution in [3.05, 3.63) is 53.5 Å². The molecule has 0 unspecified atom stereocenters. The molecule has 114 valence electrons. The Morgan fingerprint density at radius 3 is 2.33 bits per heavy atom. The smallest absolute Gasteiger partial charge is 0.179 e. The molecule has 0 radical (unpaired) electrons. The van der Waals surface area contributed by atoms with E-state index in [-0.39, 0.29) is 11.8 Å². The van der Waals surface area contributed by atoms with Crippen LogP contribution < -0.4 is 5.32 Å². The molecule has 4 nitrogen and oxygen atoms in total. The highest BCUT2D eigenvalue weighted by molar-refractivity contribution is 7.91. The molecule has 1 N–H and O–H groups in total. The Balaban J connectivity index is 1.94. The van der Waals surface area contributed by atoms with Gasteiger partial charge in [0.05, 0.1) is 17.2 Å². The molecule has 0 saturated carbocycles. The van der Waals surface area contributed by atoms with Crippen molar-refractivity contribution in [3.63, 3.8) is 0 Å². The second kappa shape index (κ2) is 6.45. The van der Waals surface area contributed by atoms with E-state index >= 15 is 0 Å². The Kier molecular flexibility index (Phi) is 4.85. The summed E-state index contributed by atoms with van der Waals surface area (Å²) >= 11 is 0. The zero-order valence-electron chi connectivity index (χ0n) is 12.6. The highest BCUT2D eigenvalue weighted by atomic mass is 32.2. The van der Waals surface area contributed by atoms with Crippen LogP contribution in [0.1, 0.15) is 24.0 Å². The molecule has 0 aliphatic carbocycles. The summed E-state index contributed by atoms with van der Waals surface area (Å²) in [5.74, 6) is 1.73. The molecule has 1 heterocycles. The van der Waals surface area contributed by atoms with Gasteiger partial charge < -0.3 is 9.73 Å². The van der Waals surface area contributed by atoms with Crippen LogP contribution in [0.25, 0.3) is 0 Å². The highest BCUT2D eigenvalue weighted by Gasteiger charge is 2.18. The number of sulfone groups is 1. The van der Waals surface area contributed by atoms with Crippen LogP contribution in [-0.2, 0) is 16.4 Å². The summed E-state index contributed by atoms with van der Waals surface area (Å²) in [6, 6.07) is 10.6. The van der Waals surface area contributed by atoms with Gasteiger partial charge in [-0.25, -0.2) is 8.42 Å². The van der Waals surface area contributed by atoms with Crippen LogP contribution in [0.5, 0.6) is 0 Å². The zero-order chi connectivity index (χ0) is 15.5. The van der Waals surface area contributed by atoms with Gasteiger partial charge in [0.15, 0.2) is 9.84 Å².